The highest BCUT2D eigenvalue weighted by atomic mass is 16.5. The lowest BCUT2D eigenvalue weighted by Crippen LogP contribution is -2.56. The summed E-state index contributed by atoms with van der Waals surface area (Å²) in [5.74, 6) is -0.703. The molecule has 1 unspecified atom stereocenters. The highest BCUT2D eigenvalue weighted by Gasteiger charge is 2.67. The maximum Gasteiger partial charge on any atom is 0.337 e. The molecular weight excluding hydrogens is 348 g/mol. The Bertz CT molecular complexity index is 828. The molecule has 1 aliphatic heterocycles. The van der Waals surface area contributed by atoms with E-state index >= 15 is 0 Å². The number of hydrogen-bond donors (Lipinski definition) is 1. The van der Waals surface area contributed by atoms with Gasteiger partial charge in [-0.3, -0.25) is 9.69 Å². The van der Waals surface area contributed by atoms with E-state index < -0.39 is 23.0 Å². The number of nitrogens with one attached hydrogen (secondary N) is 1. The van der Waals surface area contributed by atoms with Gasteiger partial charge in [0.15, 0.2) is 5.54 Å². The molecule has 0 radical (unpaired) electrons. The van der Waals surface area contributed by atoms with Crippen molar-refractivity contribution in [3.8, 4) is 0 Å². The van der Waals surface area contributed by atoms with E-state index in [1.165, 1.54) is 14.2 Å². The number of imide groups is 1. The molecule has 4 rings (SSSR count). The van der Waals surface area contributed by atoms with Crippen LogP contribution >= 0.6 is 0 Å². The summed E-state index contributed by atoms with van der Waals surface area (Å²) in [4.78, 5) is 39.0. The number of carbonyl (C=O) groups excluding carboxylic acids is 3. The Hall–Kier alpha value is -2.41. The number of urea groups is 1. The van der Waals surface area contributed by atoms with Crippen molar-refractivity contribution in [1.29, 1.82) is 0 Å². The second kappa shape index (κ2) is 6.05. The molecule has 3 aliphatic rings. The Morgan fingerprint density at radius 2 is 1.93 bits per heavy atom. The molecule has 1 saturated carbocycles. The van der Waals surface area contributed by atoms with Crippen molar-refractivity contribution in [2.24, 2.45) is 5.41 Å². The molecule has 1 saturated heterocycles. The molecule has 1 aromatic carbocycles. The number of benzene rings is 1. The van der Waals surface area contributed by atoms with E-state index in [0.717, 1.165) is 41.7 Å². The van der Waals surface area contributed by atoms with Crippen LogP contribution in [-0.2, 0) is 26.2 Å². The third-order valence-corrected chi connectivity index (χ3v) is 6.71. The first kappa shape index (κ1) is 18.0. The second-order valence-electron chi connectivity index (χ2n) is 7.80. The average molecular weight is 372 g/mol. The van der Waals surface area contributed by atoms with Crippen LogP contribution in [-0.4, -0.2) is 50.2 Å². The molecule has 2 aliphatic carbocycles. The number of hydrogen-bond acceptors (Lipinski definition) is 5. The predicted octanol–water partition coefficient (Wildman–Crippen LogP) is 1.98. The van der Waals surface area contributed by atoms with Gasteiger partial charge in [-0.15, -0.1) is 0 Å². The van der Waals surface area contributed by atoms with Gasteiger partial charge in [0.25, 0.3) is 5.91 Å². The number of likely N-dealkylation sites (N-methyl/N-ethyl adjacent to an activating group) is 1. The van der Waals surface area contributed by atoms with E-state index in [9.17, 15) is 14.4 Å². The summed E-state index contributed by atoms with van der Waals surface area (Å²) in [7, 11) is 4.54. The van der Waals surface area contributed by atoms with Crippen molar-refractivity contribution in [3.63, 3.8) is 0 Å². The Balaban J connectivity index is 1.87. The third kappa shape index (κ3) is 2.27. The van der Waals surface area contributed by atoms with Crippen molar-refractivity contribution < 1.29 is 23.9 Å². The molecule has 2 fully saturated rings. The van der Waals surface area contributed by atoms with Gasteiger partial charge >= 0.3 is 12.0 Å². The van der Waals surface area contributed by atoms with Gasteiger partial charge in [0.1, 0.15) is 0 Å². The van der Waals surface area contributed by atoms with Crippen LogP contribution in [0.2, 0.25) is 0 Å². The molecule has 1 heterocycles. The van der Waals surface area contributed by atoms with Crippen molar-refractivity contribution in [2.75, 3.05) is 21.3 Å². The summed E-state index contributed by atoms with van der Waals surface area (Å²) in [5.41, 5.74) is 0.578. The normalized spacial score (nSPS) is 32.1. The lowest BCUT2D eigenvalue weighted by Gasteiger charge is -2.46. The highest BCUT2D eigenvalue weighted by molar-refractivity contribution is 6.08. The van der Waals surface area contributed by atoms with Crippen molar-refractivity contribution in [2.45, 2.75) is 43.7 Å². The number of carbonyl (C=O) groups is 3. The monoisotopic (exact) mass is 372 g/mol. The summed E-state index contributed by atoms with van der Waals surface area (Å²) in [6.45, 7) is 0. The maximum absolute atomic E-state index is 13.4. The van der Waals surface area contributed by atoms with Gasteiger partial charge in [0, 0.05) is 19.6 Å². The van der Waals surface area contributed by atoms with Gasteiger partial charge in [0.05, 0.1) is 18.8 Å². The Morgan fingerprint density at radius 3 is 2.48 bits per heavy atom. The number of amides is 3. The van der Waals surface area contributed by atoms with E-state index in [4.69, 9.17) is 9.47 Å². The molecule has 1 atom stereocenters. The zero-order chi connectivity index (χ0) is 19.4. The molecule has 3 amide bonds. The fraction of sp³-hybridized carbons (Fsp3) is 0.550. The van der Waals surface area contributed by atoms with Gasteiger partial charge < -0.3 is 14.8 Å². The summed E-state index contributed by atoms with van der Waals surface area (Å²) in [5, 5.41) is 3.01. The van der Waals surface area contributed by atoms with Gasteiger partial charge in [-0.25, -0.2) is 9.59 Å². The number of fused-ring (bicyclic) bond motifs is 3. The van der Waals surface area contributed by atoms with Crippen LogP contribution in [0.5, 0.6) is 0 Å². The van der Waals surface area contributed by atoms with Crippen molar-refractivity contribution >= 4 is 17.9 Å². The van der Waals surface area contributed by atoms with E-state index in [1.54, 1.807) is 19.2 Å². The Morgan fingerprint density at radius 1 is 1.22 bits per heavy atom. The van der Waals surface area contributed by atoms with E-state index in [-0.39, 0.29) is 12.0 Å². The lowest BCUT2D eigenvalue weighted by molar-refractivity contribution is -0.137. The molecule has 7 heteroatoms. The second-order valence-corrected chi connectivity index (χ2v) is 7.80. The SMILES string of the molecule is COC(=O)c1ccc2c(c1)C1(NC(=O)N(C)C1=O)C1(CCC(OC)CC1)C2. The zero-order valence-electron chi connectivity index (χ0n) is 15.8. The van der Waals surface area contributed by atoms with Crippen LogP contribution < -0.4 is 5.32 Å². The molecule has 1 N–H and O–H groups in total. The molecule has 27 heavy (non-hydrogen) atoms. The van der Waals surface area contributed by atoms with Gasteiger partial charge in [-0.05, 0) is 55.4 Å². The first-order valence-electron chi connectivity index (χ1n) is 9.23. The van der Waals surface area contributed by atoms with E-state index in [1.807, 2.05) is 6.07 Å². The first-order valence-corrected chi connectivity index (χ1v) is 9.23. The van der Waals surface area contributed by atoms with Gasteiger partial charge in [-0.2, -0.15) is 0 Å². The van der Waals surface area contributed by atoms with Gasteiger partial charge in [-0.1, -0.05) is 6.07 Å². The number of nitrogens with zero attached hydrogens (tertiary/aromatic N) is 1. The summed E-state index contributed by atoms with van der Waals surface area (Å²) in [6.07, 6.45) is 4.08. The van der Waals surface area contributed by atoms with Crippen LogP contribution in [0.15, 0.2) is 18.2 Å². The summed E-state index contributed by atoms with van der Waals surface area (Å²) >= 11 is 0. The lowest BCUT2D eigenvalue weighted by atomic mass is 9.61. The standard InChI is InChI=1S/C20H24N2O5/c1-22-17(24)20(21-18(22)25)15-10-12(16(23)27-3)4-5-13(15)11-19(20)8-6-14(26-2)7-9-19/h4-5,10,14H,6-9,11H2,1-3H3,(H,21,25). The molecule has 7 nitrogen and oxygen atoms in total. The number of methoxy groups -OCH3 is 2. The van der Waals surface area contributed by atoms with Crippen LogP contribution in [0.1, 0.15) is 47.2 Å². The van der Waals surface area contributed by atoms with Crippen LogP contribution in [0.25, 0.3) is 0 Å². The van der Waals surface area contributed by atoms with Crippen LogP contribution in [0.3, 0.4) is 0 Å². The molecule has 0 aromatic heterocycles. The zero-order valence-corrected chi connectivity index (χ0v) is 15.8. The van der Waals surface area contributed by atoms with Crippen molar-refractivity contribution in [3.05, 3.63) is 34.9 Å². The predicted molar refractivity (Wildman–Crippen MR) is 96.2 cm³/mol. The Kier molecular flexibility index (Phi) is 4.03. The van der Waals surface area contributed by atoms with Crippen molar-refractivity contribution in [1.82, 2.24) is 10.2 Å². The topological polar surface area (TPSA) is 84.9 Å². The minimum absolute atomic E-state index is 0.173. The fourth-order valence-electron chi connectivity index (χ4n) is 5.22. The van der Waals surface area contributed by atoms with Gasteiger partial charge in [0.2, 0.25) is 0 Å². The van der Waals surface area contributed by atoms with Crippen LogP contribution in [0.4, 0.5) is 4.79 Å². The number of esters is 1. The Labute approximate surface area is 158 Å². The highest BCUT2D eigenvalue weighted by Crippen LogP contribution is 2.59. The molecule has 0 bridgehead atoms. The quantitative estimate of drug-likeness (QED) is 0.634. The molecule has 144 valence electrons. The third-order valence-electron chi connectivity index (χ3n) is 6.71. The number of ether oxygens (including phenoxy) is 2. The summed E-state index contributed by atoms with van der Waals surface area (Å²) in [6, 6.07) is 4.93. The summed E-state index contributed by atoms with van der Waals surface area (Å²) < 4.78 is 10.4. The average Bonchev–Trinajstić information content (AvgIpc) is 3.08. The fourth-order valence-corrected chi connectivity index (χ4v) is 5.22. The molecular formula is C20H24N2O5. The van der Waals surface area contributed by atoms with Crippen LogP contribution in [0, 0.1) is 5.41 Å². The smallest absolute Gasteiger partial charge is 0.337 e. The largest absolute Gasteiger partial charge is 0.465 e. The van der Waals surface area contributed by atoms with E-state index in [2.05, 4.69) is 5.32 Å². The maximum atomic E-state index is 13.4. The number of rotatable bonds is 2. The minimum Gasteiger partial charge on any atom is -0.465 e. The van der Waals surface area contributed by atoms with E-state index in [0.29, 0.717) is 12.0 Å². The molecule has 2 spiro atoms. The first-order chi connectivity index (χ1) is 12.9. The minimum atomic E-state index is -1.13. The molecule has 1 aromatic rings.